The summed E-state index contributed by atoms with van der Waals surface area (Å²) < 4.78 is 5.95. The van der Waals surface area contributed by atoms with Crippen LogP contribution in [0.5, 0.6) is 0 Å². The van der Waals surface area contributed by atoms with E-state index in [9.17, 15) is 4.79 Å². The summed E-state index contributed by atoms with van der Waals surface area (Å²) in [7, 11) is 1.64. The Hall–Kier alpha value is -1.92. The lowest BCUT2D eigenvalue weighted by Gasteiger charge is -2.07. The number of ether oxygens (including phenoxy) is 1. The van der Waals surface area contributed by atoms with Gasteiger partial charge < -0.3 is 15.4 Å². The zero-order chi connectivity index (χ0) is 15.8. The Labute approximate surface area is 138 Å². The first-order valence-corrected chi connectivity index (χ1v) is 7.74. The smallest absolute Gasteiger partial charge is 0.252 e. The minimum Gasteiger partial charge on any atom is -0.385 e. The van der Waals surface area contributed by atoms with Gasteiger partial charge in [0.2, 0.25) is 0 Å². The van der Waals surface area contributed by atoms with Gasteiger partial charge in [-0.25, -0.2) is 4.98 Å². The average Bonchev–Trinajstić information content (AvgIpc) is 2.54. The maximum atomic E-state index is 11.9. The van der Waals surface area contributed by atoms with Crippen molar-refractivity contribution >= 4 is 33.3 Å². The van der Waals surface area contributed by atoms with Gasteiger partial charge in [0.15, 0.2) is 0 Å². The van der Waals surface area contributed by atoms with Gasteiger partial charge in [0.25, 0.3) is 5.91 Å². The molecule has 0 aliphatic heterocycles. The number of hydrogen-bond acceptors (Lipinski definition) is 4. The zero-order valence-electron chi connectivity index (χ0n) is 12.3. The highest BCUT2D eigenvalue weighted by Gasteiger charge is 2.05. The van der Waals surface area contributed by atoms with Crippen molar-refractivity contribution in [2.75, 3.05) is 25.6 Å². The number of nitrogens with one attached hydrogen (secondary N) is 2. The number of anilines is 2. The number of carbonyl (C=O) groups excluding carboxylic acids is 1. The third-order valence-electron chi connectivity index (χ3n) is 2.95. The molecule has 5 nitrogen and oxygen atoms in total. The van der Waals surface area contributed by atoms with E-state index in [1.807, 2.05) is 24.3 Å². The molecule has 0 radical (unpaired) electrons. The summed E-state index contributed by atoms with van der Waals surface area (Å²) in [5.74, 6) is 0.567. The van der Waals surface area contributed by atoms with Crippen LogP contribution < -0.4 is 10.6 Å². The van der Waals surface area contributed by atoms with Crippen LogP contribution in [-0.2, 0) is 4.74 Å². The van der Waals surface area contributed by atoms with Crippen LogP contribution in [0.4, 0.5) is 11.5 Å². The summed E-state index contributed by atoms with van der Waals surface area (Å²) in [5.41, 5.74) is 1.48. The third kappa shape index (κ3) is 5.13. The van der Waals surface area contributed by atoms with E-state index >= 15 is 0 Å². The molecule has 116 valence electrons. The molecule has 1 heterocycles. The van der Waals surface area contributed by atoms with Gasteiger partial charge in [-0.15, -0.1) is 0 Å². The summed E-state index contributed by atoms with van der Waals surface area (Å²) in [6.45, 7) is 1.22. The Balaban J connectivity index is 1.89. The summed E-state index contributed by atoms with van der Waals surface area (Å²) in [5, 5.41) is 6.00. The van der Waals surface area contributed by atoms with Crippen molar-refractivity contribution in [1.29, 1.82) is 0 Å². The molecular formula is C16H18BrN3O2. The molecule has 0 bridgehead atoms. The predicted octanol–water partition coefficient (Wildman–Crippen LogP) is 3.35. The second-order valence-corrected chi connectivity index (χ2v) is 5.58. The summed E-state index contributed by atoms with van der Waals surface area (Å²) in [6, 6.07) is 11.3. The second kappa shape index (κ2) is 8.51. The van der Waals surface area contributed by atoms with Crippen LogP contribution in [0.25, 0.3) is 0 Å². The largest absolute Gasteiger partial charge is 0.385 e. The van der Waals surface area contributed by atoms with Gasteiger partial charge >= 0.3 is 0 Å². The molecule has 6 heteroatoms. The van der Waals surface area contributed by atoms with Crippen molar-refractivity contribution in [3.05, 3.63) is 52.6 Å². The Morgan fingerprint density at radius 1 is 1.23 bits per heavy atom. The fraction of sp³-hybridized carbons (Fsp3) is 0.250. The quantitative estimate of drug-likeness (QED) is 0.740. The lowest BCUT2D eigenvalue weighted by molar-refractivity contribution is 0.0948. The van der Waals surface area contributed by atoms with E-state index in [-0.39, 0.29) is 5.91 Å². The van der Waals surface area contributed by atoms with Crippen molar-refractivity contribution in [2.24, 2.45) is 0 Å². The van der Waals surface area contributed by atoms with Crippen molar-refractivity contribution < 1.29 is 9.53 Å². The first kappa shape index (κ1) is 16.5. The molecule has 1 aromatic heterocycles. The van der Waals surface area contributed by atoms with Crippen LogP contribution in [0.15, 0.2) is 47.1 Å². The summed E-state index contributed by atoms with van der Waals surface area (Å²) in [4.78, 5) is 16.2. The van der Waals surface area contributed by atoms with Crippen LogP contribution in [0.3, 0.4) is 0 Å². The number of rotatable bonds is 7. The number of methoxy groups -OCH3 is 1. The van der Waals surface area contributed by atoms with Crippen LogP contribution in [-0.4, -0.2) is 31.2 Å². The van der Waals surface area contributed by atoms with Gasteiger partial charge in [0.05, 0.1) is 5.56 Å². The normalized spacial score (nSPS) is 10.3. The minimum atomic E-state index is -0.126. The molecule has 0 aliphatic carbocycles. The predicted molar refractivity (Wildman–Crippen MR) is 90.5 cm³/mol. The molecule has 2 N–H and O–H groups in total. The fourth-order valence-electron chi connectivity index (χ4n) is 1.80. The van der Waals surface area contributed by atoms with Gasteiger partial charge in [-0.3, -0.25) is 4.79 Å². The Kier molecular flexibility index (Phi) is 6.36. The van der Waals surface area contributed by atoms with E-state index in [0.717, 1.165) is 16.6 Å². The lowest BCUT2D eigenvalue weighted by atomic mass is 10.2. The number of carbonyl (C=O) groups is 1. The number of benzene rings is 1. The maximum absolute atomic E-state index is 11.9. The number of amides is 1. The highest BCUT2D eigenvalue weighted by molar-refractivity contribution is 9.10. The highest BCUT2D eigenvalue weighted by Crippen LogP contribution is 2.18. The Bertz CT molecular complexity index is 600. The number of nitrogens with zero attached hydrogens (tertiary/aromatic N) is 1. The summed E-state index contributed by atoms with van der Waals surface area (Å²) in [6.07, 6.45) is 2.35. The molecule has 2 rings (SSSR count). The Morgan fingerprint density at radius 3 is 2.64 bits per heavy atom. The van der Waals surface area contributed by atoms with Crippen LogP contribution in [0.1, 0.15) is 16.8 Å². The standard InChI is InChI=1S/C16H18BrN3O2/c1-22-10-2-9-18-16(21)12-3-8-15(19-11-12)20-14-6-4-13(17)5-7-14/h3-8,11H,2,9-10H2,1H3,(H,18,21)(H,19,20). The van der Waals surface area contributed by atoms with Gasteiger partial charge in [-0.05, 0) is 42.8 Å². The lowest BCUT2D eigenvalue weighted by Crippen LogP contribution is -2.25. The molecular weight excluding hydrogens is 346 g/mol. The van der Waals surface area contributed by atoms with Crippen molar-refractivity contribution in [2.45, 2.75) is 6.42 Å². The molecule has 0 aliphatic rings. The van der Waals surface area contributed by atoms with E-state index in [4.69, 9.17) is 4.74 Å². The van der Waals surface area contributed by atoms with Gasteiger partial charge in [0.1, 0.15) is 5.82 Å². The van der Waals surface area contributed by atoms with E-state index in [0.29, 0.717) is 24.5 Å². The van der Waals surface area contributed by atoms with E-state index in [2.05, 4.69) is 31.5 Å². The SMILES string of the molecule is COCCCNC(=O)c1ccc(Nc2ccc(Br)cc2)nc1. The monoisotopic (exact) mass is 363 g/mol. The van der Waals surface area contributed by atoms with Crippen molar-refractivity contribution in [3.63, 3.8) is 0 Å². The minimum absolute atomic E-state index is 0.126. The average molecular weight is 364 g/mol. The van der Waals surface area contributed by atoms with Crippen LogP contribution in [0, 0.1) is 0 Å². The summed E-state index contributed by atoms with van der Waals surface area (Å²) >= 11 is 3.39. The van der Waals surface area contributed by atoms with Crippen LogP contribution in [0.2, 0.25) is 0 Å². The first-order valence-electron chi connectivity index (χ1n) is 6.95. The Morgan fingerprint density at radius 2 is 2.00 bits per heavy atom. The fourth-order valence-corrected chi connectivity index (χ4v) is 2.07. The molecule has 0 unspecified atom stereocenters. The molecule has 22 heavy (non-hydrogen) atoms. The molecule has 0 saturated carbocycles. The molecule has 2 aromatic rings. The number of aromatic nitrogens is 1. The van der Waals surface area contributed by atoms with E-state index < -0.39 is 0 Å². The molecule has 0 spiro atoms. The van der Waals surface area contributed by atoms with Gasteiger partial charge in [-0.2, -0.15) is 0 Å². The third-order valence-corrected chi connectivity index (χ3v) is 3.48. The first-order chi connectivity index (χ1) is 10.7. The molecule has 1 amide bonds. The van der Waals surface area contributed by atoms with Gasteiger partial charge in [0, 0.05) is 36.6 Å². The maximum Gasteiger partial charge on any atom is 0.252 e. The zero-order valence-corrected chi connectivity index (χ0v) is 13.9. The van der Waals surface area contributed by atoms with Gasteiger partial charge in [-0.1, -0.05) is 15.9 Å². The molecule has 1 aromatic carbocycles. The second-order valence-electron chi connectivity index (χ2n) is 4.67. The highest BCUT2D eigenvalue weighted by atomic mass is 79.9. The topological polar surface area (TPSA) is 63.2 Å². The molecule has 0 saturated heterocycles. The molecule has 0 atom stereocenters. The van der Waals surface area contributed by atoms with E-state index in [1.165, 1.54) is 0 Å². The van der Waals surface area contributed by atoms with Crippen molar-refractivity contribution in [1.82, 2.24) is 10.3 Å². The molecule has 0 fully saturated rings. The number of hydrogen-bond donors (Lipinski definition) is 2. The van der Waals surface area contributed by atoms with Crippen LogP contribution >= 0.6 is 15.9 Å². The van der Waals surface area contributed by atoms with E-state index in [1.54, 1.807) is 25.4 Å². The number of pyridine rings is 1. The van der Waals surface area contributed by atoms with Crippen molar-refractivity contribution in [3.8, 4) is 0 Å². The number of halogens is 1.